The summed E-state index contributed by atoms with van der Waals surface area (Å²) in [6.07, 6.45) is 0.855. The van der Waals surface area contributed by atoms with E-state index >= 15 is 0 Å². The van der Waals surface area contributed by atoms with Gasteiger partial charge in [-0.3, -0.25) is 15.0 Å². The Balaban J connectivity index is 1.54. The zero-order valence-corrected chi connectivity index (χ0v) is 10.8. The molecule has 106 valence electrons. The average molecular weight is 277 g/mol. The Kier molecular flexibility index (Phi) is 3.42. The van der Waals surface area contributed by atoms with Gasteiger partial charge in [-0.05, 0) is 24.1 Å². The molecule has 20 heavy (non-hydrogen) atoms. The van der Waals surface area contributed by atoms with Gasteiger partial charge < -0.3 is 14.8 Å². The largest absolute Gasteiger partial charge is 0.454 e. The molecule has 1 atom stereocenters. The summed E-state index contributed by atoms with van der Waals surface area (Å²) >= 11 is 0. The second-order valence-electron chi connectivity index (χ2n) is 4.69. The van der Waals surface area contributed by atoms with Crippen molar-refractivity contribution in [3.05, 3.63) is 23.8 Å². The zero-order valence-electron chi connectivity index (χ0n) is 10.8. The molecule has 0 aliphatic carbocycles. The van der Waals surface area contributed by atoms with Crippen molar-refractivity contribution in [3.8, 4) is 11.5 Å². The minimum Gasteiger partial charge on any atom is -0.454 e. The van der Waals surface area contributed by atoms with Gasteiger partial charge in [0.15, 0.2) is 11.5 Å². The van der Waals surface area contributed by atoms with Crippen LogP contribution in [0.1, 0.15) is 18.4 Å². The molecule has 1 aromatic carbocycles. The maximum absolute atomic E-state index is 11.9. The van der Waals surface area contributed by atoms with E-state index in [-0.39, 0.29) is 24.6 Å². The molecule has 0 spiro atoms. The molecule has 2 aliphatic heterocycles. The average Bonchev–Trinajstić information content (AvgIpc) is 2.93. The van der Waals surface area contributed by atoms with Gasteiger partial charge in [0.1, 0.15) is 6.04 Å². The molecule has 2 amide bonds. The molecule has 2 aliphatic rings. The highest BCUT2D eigenvalue weighted by molar-refractivity contribution is 5.85. The van der Waals surface area contributed by atoms with Crippen LogP contribution in [0.4, 0.5) is 0 Å². The molecular weight excluding hydrogens is 262 g/mol. The number of hydrogen-bond acceptors (Lipinski definition) is 5. The quantitative estimate of drug-likeness (QED) is 0.713. The van der Waals surface area contributed by atoms with Crippen LogP contribution in [-0.2, 0) is 16.1 Å². The van der Waals surface area contributed by atoms with Gasteiger partial charge in [-0.15, -0.1) is 0 Å². The van der Waals surface area contributed by atoms with E-state index in [2.05, 4.69) is 16.2 Å². The minimum absolute atomic E-state index is 0.0928. The highest BCUT2D eigenvalue weighted by Crippen LogP contribution is 2.32. The predicted octanol–water partition coefficient (Wildman–Crippen LogP) is -0.185. The van der Waals surface area contributed by atoms with Crippen LogP contribution in [0, 0.1) is 0 Å². The van der Waals surface area contributed by atoms with Gasteiger partial charge in [-0.2, -0.15) is 0 Å². The van der Waals surface area contributed by atoms with E-state index in [4.69, 9.17) is 9.47 Å². The van der Waals surface area contributed by atoms with Crippen LogP contribution in [0.2, 0.25) is 0 Å². The number of nitrogens with one attached hydrogen (secondary N) is 3. The van der Waals surface area contributed by atoms with Gasteiger partial charge in [0.2, 0.25) is 18.6 Å². The third-order valence-corrected chi connectivity index (χ3v) is 3.27. The summed E-state index contributed by atoms with van der Waals surface area (Å²) in [5.41, 5.74) is 6.08. The van der Waals surface area contributed by atoms with Crippen molar-refractivity contribution in [1.82, 2.24) is 16.2 Å². The van der Waals surface area contributed by atoms with Crippen molar-refractivity contribution in [3.63, 3.8) is 0 Å². The highest BCUT2D eigenvalue weighted by atomic mass is 16.7. The van der Waals surface area contributed by atoms with Crippen LogP contribution in [0.5, 0.6) is 11.5 Å². The topological polar surface area (TPSA) is 88.7 Å². The second kappa shape index (κ2) is 5.38. The standard InChI is InChI=1S/C13H15N3O4/c17-12-4-2-9(15-16-12)13(18)14-6-8-1-3-10-11(5-8)20-7-19-10/h1,3,5,9,15H,2,4,6-7H2,(H,14,18)(H,16,17). The lowest BCUT2D eigenvalue weighted by Gasteiger charge is -2.22. The Bertz CT molecular complexity index is 536. The third kappa shape index (κ3) is 2.67. The van der Waals surface area contributed by atoms with Crippen LogP contribution < -0.4 is 25.6 Å². The summed E-state index contributed by atoms with van der Waals surface area (Å²) in [5, 5.41) is 2.83. The highest BCUT2D eigenvalue weighted by Gasteiger charge is 2.23. The molecular formula is C13H15N3O4. The number of hydrazine groups is 1. The van der Waals surface area contributed by atoms with Gasteiger partial charge in [0, 0.05) is 13.0 Å². The van der Waals surface area contributed by atoms with E-state index in [9.17, 15) is 9.59 Å². The van der Waals surface area contributed by atoms with E-state index in [0.29, 0.717) is 25.1 Å². The SMILES string of the molecule is O=C1CCC(C(=O)NCc2ccc3c(c2)OCO3)NN1. The first-order valence-corrected chi connectivity index (χ1v) is 6.43. The molecule has 0 radical (unpaired) electrons. The van der Waals surface area contributed by atoms with Crippen LogP contribution in [0.3, 0.4) is 0 Å². The van der Waals surface area contributed by atoms with Gasteiger partial charge >= 0.3 is 0 Å². The fourth-order valence-corrected chi connectivity index (χ4v) is 2.14. The van der Waals surface area contributed by atoms with E-state index in [0.717, 1.165) is 11.3 Å². The number of rotatable bonds is 3. The van der Waals surface area contributed by atoms with E-state index in [1.807, 2.05) is 18.2 Å². The van der Waals surface area contributed by atoms with Crippen molar-refractivity contribution < 1.29 is 19.1 Å². The maximum Gasteiger partial charge on any atom is 0.239 e. The molecule has 2 heterocycles. The number of amides is 2. The maximum atomic E-state index is 11.9. The van der Waals surface area contributed by atoms with Crippen molar-refractivity contribution in [2.45, 2.75) is 25.4 Å². The van der Waals surface area contributed by atoms with Crippen molar-refractivity contribution in [2.75, 3.05) is 6.79 Å². The summed E-state index contributed by atoms with van der Waals surface area (Å²) in [6, 6.07) is 5.16. The zero-order chi connectivity index (χ0) is 13.9. The number of carbonyl (C=O) groups excluding carboxylic acids is 2. The Morgan fingerprint density at radius 2 is 2.20 bits per heavy atom. The normalized spacial score (nSPS) is 20.4. The van der Waals surface area contributed by atoms with Crippen LogP contribution in [0.25, 0.3) is 0 Å². The van der Waals surface area contributed by atoms with Crippen LogP contribution in [0.15, 0.2) is 18.2 Å². The van der Waals surface area contributed by atoms with Gasteiger partial charge in [-0.1, -0.05) is 6.07 Å². The first-order valence-electron chi connectivity index (χ1n) is 6.43. The molecule has 1 fully saturated rings. The molecule has 7 nitrogen and oxygen atoms in total. The summed E-state index contributed by atoms with van der Waals surface area (Å²) in [6.45, 7) is 0.637. The number of ether oxygens (including phenoxy) is 2. The molecule has 1 aromatic rings. The van der Waals surface area contributed by atoms with Gasteiger partial charge in [0.25, 0.3) is 0 Å². The number of fused-ring (bicyclic) bond motifs is 1. The fraction of sp³-hybridized carbons (Fsp3) is 0.385. The van der Waals surface area contributed by atoms with E-state index in [1.165, 1.54) is 0 Å². The number of carbonyl (C=O) groups is 2. The smallest absolute Gasteiger partial charge is 0.239 e. The van der Waals surface area contributed by atoms with Crippen LogP contribution in [-0.4, -0.2) is 24.6 Å². The van der Waals surface area contributed by atoms with Crippen molar-refractivity contribution in [1.29, 1.82) is 0 Å². The molecule has 1 saturated heterocycles. The second-order valence-corrected chi connectivity index (χ2v) is 4.69. The molecule has 0 saturated carbocycles. The summed E-state index contributed by atoms with van der Waals surface area (Å²) in [5.74, 6) is 1.18. The first kappa shape index (κ1) is 12.7. The summed E-state index contributed by atoms with van der Waals surface area (Å²) < 4.78 is 10.5. The van der Waals surface area contributed by atoms with Gasteiger partial charge in [-0.25, -0.2) is 5.43 Å². The predicted molar refractivity (Wildman–Crippen MR) is 68.7 cm³/mol. The monoisotopic (exact) mass is 277 g/mol. The van der Waals surface area contributed by atoms with Crippen molar-refractivity contribution >= 4 is 11.8 Å². The lowest BCUT2D eigenvalue weighted by Crippen LogP contribution is -2.55. The van der Waals surface area contributed by atoms with Crippen LogP contribution >= 0.6 is 0 Å². The minimum atomic E-state index is -0.387. The molecule has 1 unspecified atom stereocenters. The lowest BCUT2D eigenvalue weighted by molar-refractivity contribution is -0.129. The first-order chi connectivity index (χ1) is 9.72. The van der Waals surface area contributed by atoms with Crippen molar-refractivity contribution in [2.24, 2.45) is 0 Å². The third-order valence-electron chi connectivity index (χ3n) is 3.27. The lowest BCUT2D eigenvalue weighted by atomic mass is 10.1. The molecule has 7 heteroatoms. The van der Waals surface area contributed by atoms with E-state index < -0.39 is 0 Å². The molecule has 0 aromatic heterocycles. The fourth-order valence-electron chi connectivity index (χ4n) is 2.14. The van der Waals surface area contributed by atoms with Gasteiger partial charge in [0.05, 0.1) is 0 Å². The molecule has 3 rings (SSSR count). The Labute approximate surface area is 115 Å². The number of hydrogen-bond donors (Lipinski definition) is 3. The Morgan fingerprint density at radius 3 is 3.00 bits per heavy atom. The Morgan fingerprint density at radius 1 is 1.35 bits per heavy atom. The van der Waals surface area contributed by atoms with E-state index in [1.54, 1.807) is 0 Å². The summed E-state index contributed by atoms with van der Waals surface area (Å²) in [7, 11) is 0. The molecule has 3 N–H and O–H groups in total. The molecule has 0 bridgehead atoms. The number of benzene rings is 1. The Hall–Kier alpha value is -2.28. The summed E-state index contributed by atoms with van der Waals surface area (Å²) in [4.78, 5) is 22.9.